The van der Waals surface area contributed by atoms with Gasteiger partial charge >= 0.3 is 6.18 Å². The summed E-state index contributed by atoms with van der Waals surface area (Å²) in [5, 5.41) is 15.3. The molecule has 0 aromatic heterocycles. The zero-order chi connectivity index (χ0) is 29.1. The van der Waals surface area contributed by atoms with Crippen LogP contribution in [0.1, 0.15) is 29.2 Å². The van der Waals surface area contributed by atoms with E-state index in [0.29, 0.717) is 44.3 Å². The predicted octanol–water partition coefficient (Wildman–Crippen LogP) is 7.62. The molecule has 3 aromatic carbocycles. The molecule has 2 heterocycles. The van der Waals surface area contributed by atoms with Crippen molar-refractivity contribution in [3.63, 3.8) is 0 Å². The second-order valence-electron chi connectivity index (χ2n) is 9.10. The molecule has 41 heavy (non-hydrogen) atoms. The summed E-state index contributed by atoms with van der Waals surface area (Å²) < 4.78 is 41.3. The predicted molar refractivity (Wildman–Crippen MR) is 159 cm³/mol. The van der Waals surface area contributed by atoms with E-state index < -0.39 is 11.7 Å². The Morgan fingerprint density at radius 2 is 1.78 bits per heavy atom. The van der Waals surface area contributed by atoms with Crippen LogP contribution in [0.3, 0.4) is 0 Å². The van der Waals surface area contributed by atoms with Crippen LogP contribution in [0.4, 0.5) is 24.5 Å². The number of nitriles is 1. The summed E-state index contributed by atoms with van der Waals surface area (Å²) in [7, 11) is 1.66. The summed E-state index contributed by atoms with van der Waals surface area (Å²) in [6, 6.07) is 22.1. The van der Waals surface area contributed by atoms with Gasteiger partial charge in [0, 0.05) is 24.6 Å². The molecule has 0 unspecified atom stereocenters. The van der Waals surface area contributed by atoms with Crippen LogP contribution in [0.25, 0.3) is 5.70 Å². The van der Waals surface area contributed by atoms with Crippen molar-refractivity contribution in [1.82, 2.24) is 9.80 Å². The number of alkyl halides is 3. The Morgan fingerprint density at radius 3 is 2.49 bits per heavy atom. The van der Waals surface area contributed by atoms with Crippen LogP contribution in [0, 0.1) is 11.3 Å². The Kier molecular flexibility index (Phi) is 8.15. The van der Waals surface area contributed by atoms with Gasteiger partial charge in [0.25, 0.3) is 5.91 Å². The summed E-state index contributed by atoms with van der Waals surface area (Å²) in [6.45, 7) is 2.83. The SMILES string of the molecule is CCNc1ccc(C#N)cc1N=C1SC(=C2SC=C(c3ccccc3C(F)(F)F)N2C)C(=O)N1Cc1ccccc1. The van der Waals surface area contributed by atoms with E-state index in [4.69, 9.17) is 4.99 Å². The van der Waals surface area contributed by atoms with Crippen molar-refractivity contribution in [3.05, 3.63) is 110 Å². The zero-order valence-corrected chi connectivity index (χ0v) is 23.7. The standard InChI is InChI=1S/C30H24F3N5OS2/c1-3-35-23-14-13-20(16-34)15-24(23)36-29-38(17-19-9-5-4-6-10-19)27(39)26(41-29)28-37(2)25(18-40-28)21-11-7-8-12-22(21)30(31,32)33/h4-15,18,35H,3,17H2,1-2H3. The number of amidine groups is 1. The fourth-order valence-electron chi connectivity index (χ4n) is 4.44. The molecule has 208 valence electrons. The molecule has 0 radical (unpaired) electrons. The fraction of sp³-hybridized carbons (Fsp3) is 0.167. The largest absolute Gasteiger partial charge is 0.417 e. The van der Waals surface area contributed by atoms with Crippen molar-refractivity contribution in [3.8, 4) is 6.07 Å². The fourth-order valence-corrected chi connectivity index (χ4v) is 6.68. The van der Waals surface area contributed by atoms with Crippen LogP contribution in [-0.2, 0) is 17.5 Å². The van der Waals surface area contributed by atoms with Crippen molar-refractivity contribution in [1.29, 1.82) is 5.26 Å². The van der Waals surface area contributed by atoms with Crippen molar-refractivity contribution >= 4 is 51.7 Å². The smallest absolute Gasteiger partial charge is 0.384 e. The number of benzene rings is 3. The quantitative estimate of drug-likeness (QED) is 0.298. The second-order valence-corrected chi connectivity index (χ2v) is 10.9. The normalized spacial score (nSPS) is 18.2. The highest BCUT2D eigenvalue weighted by atomic mass is 32.2. The Morgan fingerprint density at radius 1 is 1.05 bits per heavy atom. The van der Waals surface area contributed by atoms with Gasteiger partial charge in [-0.25, -0.2) is 4.99 Å². The van der Waals surface area contributed by atoms with Crippen molar-refractivity contribution < 1.29 is 18.0 Å². The zero-order valence-electron chi connectivity index (χ0n) is 22.1. The Bertz CT molecular complexity index is 1630. The lowest BCUT2D eigenvalue weighted by Crippen LogP contribution is -2.29. The average Bonchev–Trinajstić information content (AvgIpc) is 3.48. The van der Waals surface area contributed by atoms with E-state index in [9.17, 15) is 23.2 Å². The first-order valence-electron chi connectivity index (χ1n) is 12.6. The highest BCUT2D eigenvalue weighted by molar-refractivity contribution is 8.19. The molecule has 0 bridgehead atoms. The molecule has 0 atom stereocenters. The molecule has 3 aromatic rings. The molecule has 1 amide bonds. The number of nitrogens with one attached hydrogen (secondary N) is 1. The first kappa shape index (κ1) is 28.4. The van der Waals surface area contributed by atoms with Crippen LogP contribution in [0.15, 0.2) is 93.1 Å². The molecule has 11 heteroatoms. The number of rotatable bonds is 6. The number of aliphatic imine (C=N–C) groups is 1. The maximum atomic E-state index is 13.9. The summed E-state index contributed by atoms with van der Waals surface area (Å²) in [6.07, 6.45) is -4.52. The second kappa shape index (κ2) is 11.8. The lowest BCUT2D eigenvalue weighted by Gasteiger charge is -2.21. The van der Waals surface area contributed by atoms with Crippen LogP contribution in [0.2, 0.25) is 0 Å². The van der Waals surface area contributed by atoms with Gasteiger partial charge in [0.2, 0.25) is 0 Å². The maximum Gasteiger partial charge on any atom is 0.417 e. The molecule has 6 nitrogen and oxygen atoms in total. The van der Waals surface area contributed by atoms with Crippen molar-refractivity contribution in [2.45, 2.75) is 19.6 Å². The molecular formula is C30H24F3N5OS2. The van der Waals surface area contributed by atoms with Gasteiger partial charge in [-0.3, -0.25) is 9.69 Å². The van der Waals surface area contributed by atoms with Gasteiger partial charge in [0.1, 0.15) is 4.91 Å². The van der Waals surface area contributed by atoms with Crippen molar-refractivity contribution in [2.24, 2.45) is 4.99 Å². The van der Waals surface area contributed by atoms with E-state index in [2.05, 4.69) is 11.4 Å². The molecule has 5 rings (SSSR count). The van der Waals surface area contributed by atoms with Gasteiger partial charge < -0.3 is 10.2 Å². The summed E-state index contributed by atoms with van der Waals surface area (Å²) in [5.41, 5.74) is 2.20. The molecule has 1 N–H and O–H groups in total. The third-order valence-electron chi connectivity index (χ3n) is 6.41. The van der Waals surface area contributed by atoms with Gasteiger partial charge in [-0.15, -0.1) is 0 Å². The first-order valence-corrected chi connectivity index (χ1v) is 14.3. The number of carbonyl (C=O) groups is 1. The number of halogens is 3. The maximum absolute atomic E-state index is 13.9. The minimum atomic E-state index is -4.52. The number of hydrogen-bond donors (Lipinski definition) is 1. The van der Waals surface area contributed by atoms with E-state index in [1.165, 1.54) is 35.7 Å². The number of hydrogen-bond acceptors (Lipinski definition) is 7. The number of nitrogens with zero attached hydrogens (tertiary/aromatic N) is 4. The van der Waals surface area contributed by atoms with E-state index in [0.717, 1.165) is 11.6 Å². The van der Waals surface area contributed by atoms with Crippen molar-refractivity contribution in [2.75, 3.05) is 18.9 Å². The van der Waals surface area contributed by atoms with Crippen LogP contribution in [0.5, 0.6) is 0 Å². The van der Waals surface area contributed by atoms with Gasteiger partial charge in [0.05, 0.1) is 45.8 Å². The Balaban J connectivity index is 1.56. The highest BCUT2D eigenvalue weighted by Gasteiger charge is 2.40. The van der Waals surface area contributed by atoms with Crippen LogP contribution >= 0.6 is 23.5 Å². The molecule has 2 aliphatic rings. The average molecular weight is 592 g/mol. The molecule has 0 spiro atoms. The molecule has 1 saturated heterocycles. The summed E-state index contributed by atoms with van der Waals surface area (Å²) >= 11 is 2.37. The van der Waals surface area contributed by atoms with Crippen LogP contribution < -0.4 is 5.32 Å². The molecule has 0 saturated carbocycles. The van der Waals surface area contributed by atoms with E-state index in [1.54, 1.807) is 46.5 Å². The first-order chi connectivity index (χ1) is 19.7. The lowest BCUT2D eigenvalue weighted by molar-refractivity contribution is -0.137. The molecule has 0 aliphatic carbocycles. The van der Waals surface area contributed by atoms with Gasteiger partial charge in [-0.1, -0.05) is 60.3 Å². The topological polar surface area (TPSA) is 71.7 Å². The van der Waals surface area contributed by atoms with E-state index in [1.807, 2.05) is 37.3 Å². The van der Waals surface area contributed by atoms with Gasteiger partial charge in [-0.2, -0.15) is 18.4 Å². The van der Waals surface area contributed by atoms with Gasteiger partial charge in [-0.05, 0) is 48.5 Å². The monoisotopic (exact) mass is 591 g/mol. The van der Waals surface area contributed by atoms with Gasteiger partial charge in [0.15, 0.2) is 5.17 Å². The number of carbonyl (C=O) groups excluding carboxylic acids is 1. The molecule has 1 fully saturated rings. The number of thioether (sulfide) groups is 2. The third kappa shape index (κ3) is 5.85. The lowest BCUT2D eigenvalue weighted by atomic mass is 10.0. The highest BCUT2D eigenvalue weighted by Crippen LogP contribution is 2.48. The van der Waals surface area contributed by atoms with E-state index in [-0.39, 0.29) is 18.0 Å². The molecular weight excluding hydrogens is 567 g/mol. The minimum absolute atomic E-state index is 0.0414. The Labute approximate surface area is 244 Å². The van der Waals surface area contributed by atoms with Crippen LogP contribution in [-0.4, -0.2) is 34.5 Å². The van der Waals surface area contributed by atoms with E-state index >= 15 is 0 Å². The summed E-state index contributed by atoms with van der Waals surface area (Å²) in [4.78, 5) is 22.3. The number of amides is 1. The molecule has 2 aliphatic heterocycles. The Hall–Kier alpha value is -4.14. The number of anilines is 1. The summed E-state index contributed by atoms with van der Waals surface area (Å²) in [5.74, 6) is -0.299. The minimum Gasteiger partial charge on any atom is -0.384 e. The third-order valence-corrected chi connectivity index (χ3v) is 8.65.